The Balaban J connectivity index is 2.01. The summed E-state index contributed by atoms with van der Waals surface area (Å²) in [5.74, 6) is -2.04. The van der Waals surface area contributed by atoms with Crippen LogP contribution in [0.3, 0.4) is 0 Å². The van der Waals surface area contributed by atoms with Crippen molar-refractivity contribution in [1.29, 1.82) is 0 Å². The minimum Gasteiger partial charge on any atom is -0.477 e. The van der Waals surface area contributed by atoms with Crippen LogP contribution in [0.15, 0.2) is 29.4 Å². The Kier molecular flexibility index (Phi) is 4.54. The minimum atomic E-state index is -1.19. The molecule has 0 aliphatic carbocycles. The molecule has 2 N–H and O–H groups in total. The smallest absolute Gasteiger partial charge is 0.352 e. The number of rotatable bonds is 4. The molecule has 8 heteroatoms. The van der Waals surface area contributed by atoms with Crippen molar-refractivity contribution in [2.75, 3.05) is 11.9 Å². The third kappa shape index (κ3) is 4.03. The standard InChI is InChI=1S/C13H12ClN3O4/c14-8-1-3-9(4-2-8)15-11(18)7-17-12(19)6-5-10(16-17)13(20)21/h1-4H,5-7H2,(H,15,18)(H,20,21). The Labute approximate surface area is 125 Å². The fourth-order valence-electron chi connectivity index (χ4n) is 1.75. The maximum absolute atomic E-state index is 11.8. The fourth-order valence-corrected chi connectivity index (χ4v) is 1.87. The number of carboxylic acids is 1. The van der Waals surface area contributed by atoms with E-state index in [-0.39, 0.29) is 31.0 Å². The molecule has 1 aliphatic rings. The first kappa shape index (κ1) is 15.0. The van der Waals surface area contributed by atoms with Crippen LogP contribution in [0.5, 0.6) is 0 Å². The van der Waals surface area contributed by atoms with E-state index in [2.05, 4.69) is 10.4 Å². The van der Waals surface area contributed by atoms with Crippen LogP contribution in [0.1, 0.15) is 12.8 Å². The number of hydrazone groups is 1. The van der Waals surface area contributed by atoms with Crippen molar-refractivity contribution in [3.05, 3.63) is 29.3 Å². The van der Waals surface area contributed by atoms with Gasteiger partial charge in [-0.05, 0) is 24.3 Å². The van der Waals surface area contributed by atoms with E-state index >= 15 is 0 Å². The average Bonchev–Trinajstić information content (AvgIpc) is 2.43. The van der Waals surface area contributed by atoms with Crippen LogP contribution in [-0.2, 0) is 14.4 Å². The molecule has 2 rings (SSSR count). The first-order valence-corrected chi connectivity index (χ1v) is 6.50. The van der Waals surface area contributed by atoms with Crippen molar-refractivity contribution >= 4 is 40.8 Å². The molecule has 110 valence electrons. The summed E-state index contributed by atoms with van der Waals surface area (Å²) in [4.78, 5) is 34.3. The van der Waals surface area contributed by atoms with Crippen molar-refractivity contribution in [3.8, 4) is 0 Å². The van der Waals surface area contributed by atoms with E-state index in [9.17, 15) is 14.4 Å². The second-order valence-corrected chi connectivity index (χ2v) is 4.79. The molecule has 0 fully saturated rings. The van der Waals surface area contributed by atoms with Crippen molar-refractivity contribution in [2.24, 2.45) is 5.10 Å². The Morgan fingerprint density at radius 2 is 1.95 bits per heavy atom. The molecule has 1 aliphatic heterocycles. The number of hydrogen-bond donors (Lipinski definition) is 2. The molecule has 0 radical (unpaired) electrons. The SMILES string of the molecule is O=C(CN1N=C(C(=O)O)CCC1=O)Nc1ccc(Cl)cc1. The van der Waals surface area contributed by atoms with E-state index < -0.39 is 11.9 Å². The van der Waals surface area contributed by atoms with Crippen molar-refractivity contribution < 1.29 is 19.5 Å². The molecule has 1 aromatic rings. The van der Waals surface area contributed by atoms with Gasteiger partial charge in [0.2, 0.25) is 11.8 Å². The van der Waals surface area contributed by atoms with Gasteiger partial charge < -0.3 is 10.4 Å². The first-order valence-electron chi connectivity index (χ1n) is 6.12. The average molecular weight is 310 g/mol. The van der Waals surface area contributed by atoms with Crippen LogP contribution < -0.4 is 5.32 Å². The van der Waals surface area contributed by atoms with Crippen LogP contribution in [-0.4, -0.2) is 40.2 Å². The third-order valence-electron chi connectivity index (χ3n) is 2.77. The lowest BCUT2D eigenvalue weighted by molar-refractivity contribution is -0.136. The summed E-state index contributed by atoms with van der Waals surface area (Å²) in [6.07, 6.45) is 0.100. The summed E-state index contributed by atoms with van der Waals surface area (Å²) >= 11 is 5.73. The van der Waals surface area contributed by atoms with Crippen molar-refractivity contribution in [2.45, 2.75) is 12.8 Å². The molecule has 7 nitrogen and oxygen atoms in total. The summed E-state index contributed by atoms with van der Waals surface area (Å²) in [7, 11) is 0. The van der Waals surface area contributed by atoms with Gasteiger partial charge in [-0.2, -0.15) is 5.10 Å². The molecule has 21 heavy (non-hydrogen) atoms. The number of anilines is 1. The molecule has 0 unspecified atom stereocenters. The molecule has 1 aromatic carbocycles. The summed E-state index contributed by atoms with van der Waals surface area (Å²) in [5.41, 5.74) is 0.394. The number of benzene rings is 1. The molecule has 2 amide bonds. The second kappa shape index (κ2) is 6.36. The maximum atomic E-state index is 11.8. The molecular weight excluding hydrogens is 298 g/mol. The number of nitrogens with zero attached hydrogens (tertiary/aromatic N) is 2. The van der Waals surface area contributed by atoms with Crippen molar-refractivity contribution in [3.63, 3.8) is 0 Å². The van der Waals surface area contributed by atoms with E-state index in [0.717, 1.165) is 5.01 Å². The highest BCUT2D eigenvalue weighted by atomic mass is 35.5. The molecule has 0 saturated carbocycles. The van der Waals surface area contributed by atoms with E-state index in [4.69, 9.17) is 16.7 Å². The first-order chi connectivity index (χ1) is 9.95. The van der Waals surface area contributed by atoms with E-state index in [0.29, 0.717) is 10.7 Å². The number of carboxylic acid groups (broad SMARTS) is 1. The van der Waals surface area contributed by atoms with Gasteiger partial charge in [-0.25, -0.2) is 9.80 Å². The van der Waals surface area contributed by atoms with Gasteiger partial charge in [-0.3, -0.25) is 9.59 Å². The number of aliphatic carboxylic acids is 1. The van der Waals surface area contributed by atoms with Gasteiger partial charge in [0, 0.05) is 23.6 Å². The van der Waals surface area contributed by atoms with E-state index in [1.54, 1.807) is 24.3 Å². The van der Waals surface area contributed by atoms with Gasteiger partial charge in [0.15, 0.2) is 0 Å². The van der Waals surface area contributed by atoms with Crippen LogP contribution in [0.2, 0.25) is 5.02 Å². The second-order valence-electron chi connectivity index (χ2n) is 4.36. The number of halogens is 1. The number of amides is 2. The maximum Gasteiger partial charge on any atom is 0.352 e. The van der Waals surface area contributed by atoms with E-state index in [1.165, 1.54) is 0 Å². The number of hydrogen-bond acceptors (Lipinski definition) is 4. The summed E-state index contributed by atoms with van der Waals surface area (Å²) < 4.78 is 0. The number of nitrogens with one attached hydrogen (secondary N) is 1. The monoisotopic (exact) mass is 309 g/mol. The van der Waals surface area contributed by atoms with Gasteiger partial charge in [0.1, 0.15) is 12.3 Å². The molecule has 0 atom stereocenters. The highest BCUT2D eigenvalue weighted by Crippen LogP contribution is 2.14. The Morgan fingerprint density at radius 1 is 1.29 bits per heavy atom. The predicted molar refractivity (Wildman–Crippen MR) is 76.1 cm³/mol. The Bertz CT molecular complexity index is 612. The third-order valence-corrected chi connectivity index (χ3v) is 3.03. The molecule has 0 aromatic heterocycles. The van der Waals surface area contributed by atoms with Gasteiger partial charge >= 0.3 is 5.97 Å². The van der Waals surface area contributed by atoms with Crippen LogP contribution in [0.4, 0.5) is 5.69 Å². The minimum absolute atomic E-state index is 0.0271. The van der Waals surface area contributed by atoms with Crippen molar-refractivity contribution in [1.82, 2.24) is 5.01 Å². The quantitative estimate of drug-likeness (QED) is 0.876. The lowest BCUT2D eigenvalue weighted by atomic mass is 10.2. The van der Waals surface area contributed by atoms with Crippen LogP contribution in [0, 0.1) is 0 Å². The van der Waals surface area contributed by atoms with Gasteiger partial charge in [-0.15, -0.1) is 0 Å². The molecule has 0 saturated heterocycles. The van der Waals surface area contributed by atoms with Gasteiger partial charge in [0.25, 0.3) is 0 Å². The lowest BCUT2D eigenvalue weighted by Gasteiger charge is -2.21. The predicted octanol–water partition coefficient (Wildman–Crippen LogP) is 1.34. The number of carbonyl (C=O) groups is 3. The van der Waals surface area contributed by atoms with Crippen LogP contribution >= 0.6 is 11.6 Å². The molecule has 1 heterocycles. The summed E-state index contributed by atoms with van der Waals surface area (Å²) in [6, 6.07) is 6.46. The summed E-state index contributed by atoms with van der Waals surface area (Å²) in [5, 5.41) is 16.5. The lowest BCUT2D eigenvalue weighted by Crippen LogP contribution is -2.39. The topological polar surface area (TPSA) is 99.1 Å². The highest BCUT2D eigenvalue weighted by Gasteiger charge is 2.25. The van der Waals surface area contributed by atoms with Gasteiger partial charge in [0.05, 0.1) is 0 Å². The summed E-state index contributed by atoms with van der Waals surface area (Å²) in [6.45, 7) is -0.335. The zero-order chi connectivity index (χ0) is 15.4. The molecule has 0 bridgehead atoms. The molecular formula is C13H12ClN3O4. The fraction of sp³-hybridized carbons (Fsp3) is 0.231. The zero-order valence-corrected chi connectivity index (χ0v) is 11.6. The van der Waals surface area contributed by atoms with Crippen LogP contribution in [0.25, 0.3) is 0 Å². The molecule has 0 spiro atoms. The van der Waals surface area contributed by atoms with Gasteiger partial charge in [-0.1, -0.05) is 11.6 Å². The zero-order valence-electron chi connectivity index (χ0n) is 10.9. The Morgan fingerprint density at radius 3 is 2.57 bits per heavy atom. The normalized spacial score (nSPS) is 14.6. The highest BCUT2D eigenvalue weighted by molar-refractivity contribution is 6.36. The Hall–Kier alpha value is -2.41. The largest absolute Gasteiger partial charge is 0.477 e. The van der Waals surface area contributed by atoms with E-state index in [1.807, 2.05) is 0 Å². The number of carbonyl (C=O) groups excluding carboxylic acids is 2.